The summed E-state index contributed by atoms with van der Waals surface area (Å²) in [6.07, 6.45) is 3.10. The van der Waals surface area contributed by atoms with Gasteiger partial charge in [0, 0.05) is 12.3 Å². The van der Waals surface area contributed by atoms with Gasteiger partial charge < -0.3 is 9.30 Å². The number of hydrogen-bond donors (Lipinski definition) is 0. The van der Waals surface area contributed by atoms with Crippen molar-refractivity contribution < 1.29 is 4.74 Å². The summed E-state index contributed by atoms with van der Waals surface area (Å²) in [5.41, 5.74) is 2.03. The molecule has 110 valence electrons. The fourth-order valence-corrected chi connectivity index (χ4v) is 2.72. The molecule has 0 aliphatic carbocycles. The third kappa shape index (κ3) is 3.23. The Morgan fingerprint density at radius 1 is 1.45 bits per heavy atom. The SMILES string of the molecule is CCCOc1cccc2c1nc(C(C)Cl)n2CCSC. The number of imidazole rings is 1. The summed E-state index contributed by atoms with van der Waals surface area (Å²) in [6.45, 7) is 5.69. The Morgan fingerprint density at radius 3 is 2.90 bits per heavy atom. The summed E-state index contributed by atoms with van der Waals surface area (Å²) in [7, 11) is 0. The van der Waals surface area contributed by atoms with E-state index in [0.717, 1.165) is 41.3 Å². The van der Waals surface area contributed by atoms with E-state index >= 15 is 0 Å². The molecule has 20 heavy (non-hydrogen) atoms. The number of rotatable bonds is 7. The maximum atomic E-state index is 6.28. The van der Waals surface area contributed by atoms with Gasteiger partial charge in [0.15, 0.2) is 0 Å². The first kappa shape index (κ1) is 15.5. The summed E-state index contributed by atoms with van der Waals surface area (Å²) in [5, 5.41) is -0.108. The van der Waals surface area contributed by atoms with E-state index in [4.69, 9.17) is 21.3 Å². The molecule has 0 saturated heterocycles. The van der Waals surface area contributed by atoms with Crippen LogP contribution in [0.5, 0.6) is 5.75 Å². The van der Waals surface area contributed by atoms with E-state index in [2.05, 4.69) is 23.8 Å². The highest BCUT2D eigenvalue weighted by molar-refractivity contribution is 7.98. The van der Waals surface area contributed by atoms with Crippen molar-refractivity contribution in [3.8, 4) is 5.75 Å². The predicted molar refractivity (Wildman–Crippen MR) is 88.2 cm³/mol. The normalized spacial score (nSPS) is 12.8. The number of thioether (sulfide) groups is 1. The highest BCUT2D eigenvalue weighted by Crippen LogP contribution is 2.30. The summed E-state index contributed by atoms with van der Waals surface area (Å²) >= 11 is 8.11. The van der Waals surface area contributed by atoms with E-state index in [1.54, 1.807) is 0 Å². The van der Waals surface area contributed by atoms with Crippen LogP contribution in [0.3, 0.4) is 0 Å². The number of aromatic nitrogens is 2. The Hall–Kier alpha value is -0.870. The Labute approximate surface area is 129 Å². The van der Waals surface area contributed by atoms with E-state index in [1.807, 2.05) is 30.8 Å². The van der Waals surface area contributed by atoms with Gasteiger partial charge in [0.2, 0.25) is 0 Å². The van der Waals surface area contributed by atoms with Crippen molar-refractivity contribution in [1.29, 1.82) is 0 Å². The van der Waals surface area contributed by atoms with Gasteiger partial charge in [0.1, 0.15) is 17.1 Å². The average molecular weight is 313 g/mol. The topological polar surface area (TPSA) is 27.1 Å². The third-order valence-electron chi connectivity index (χ3n) is 3.11. The second-order valence-electron chi connectivity index (χ2n) is 4.70. The van der Waals surface area contributed by atoms with Gasteiger partial charge in [-0.2, -0.15) is 11.8 Å². The maximum absolute atomic E-state index is 6.28. The lowest BCUT2D eigenvalue weighted by Crippen LogP contribution is -2.06. The van der Waals surface area contributed by atoms with Crippen LogP contribution in [-0.2, 0) is 6.54 Å². The van der Waals surface area contributed by atoms with Gasteiger partial charge >= 0.3 is 0 Å². The van der Waals surface area contributed by atoms with Crippen LogP contribution in [0.2, 0.25) is 0 Å². The number of benzene rings is 1. The second kappa shape index (κ2) is 7.23. The van der Waals surface area contributed by atoms with Gasteiger partial charge in [0.25, 0.3) is 0 Å². The van der Waals surface area contributed by atoms with Crippen LogP contribution in [0.1, 0.15) is 31.5 Å². The van der Waals surface area contributed by atoms with Crippen LogP contribution >= 0.6 is 23.4 Å². The van der Waals surface area contributed by atoms with Gasteiger partial charge in [-0.25, -0.2) is 4.98 Å². The summed E-state index contributed by atoms with van der Waals surface area (Å²) in [6, 6.07) is 6.09. The van der Waals surface area contributed by atoms with Gasteiger partial charge in [-0.3, -0.25) is 0 Å². The lowest BCUT2D eigenvalue weighted by atomic mass is 10.3. The molecule has 0 aliphatic rings. The van der Waals surface area contributed by atoms with E-state index in [-0.39, 0.29) is 5.38 Å². The Morgan fingerprint density at radius 2 is 2.25 bits per heavy atom. The number of para-hydroxylation sites is 1. The van der Waals surface area contributed by atoms with E-state index in [0.29, 0.717) is 6.61 Å². The van der Waals surface area contributed by atoms with Crippen LogP contribution in [-0.4, -0.2) is 28.2 Å². The van der Waals surface area contributed by atoms with E-state index in [1.165, 1.54) is 0 Å². The molecule has 0 spiro atoms. The molecule has 0 amide bonds. The number of halogens is 1. The smallest absolute Gasteiger partial charge is 0.147 e. The fraction of sp³-hybridized carbons (Fsp3) is 0.533. The van der Waals surface area contributed by atoms with Gasteiger partial charge in [0.05, 0.1) is 17.5 Å². The molecule has 1 atom stereocenters. The molecule has 2 rings (SSSR count). The number of aryl methyl sites for hydroxylation is 1. The van der Waals surface area contributed by atoms with Crippen molar-refractivity contribution in [2.24, 2.45) is 0 Å². The highest BCUT2D eigenvalue weighted by atomic mass is 35.5. The molecule has 2 aromatic rings. The largest absolute Gasteiger partial charge is 0.491 e. The maximum Gasteiger partial charge on any atom is 0.147 e. The molecule has 1 aromatic heterocycles. The molecule has 1 heterocycles. The fourth-order valence-electron chi connectivity index (χ4n) is 2.19. The number of nitrogens with zero attached hydrogens (tertiary/aromatic N) is 2. The molecular weight excluding hydrogens is 292 g/mol. The van der Waals surface area contributed by atoms with E-state index < -0.39 is 0 Å². The van der Waals surface area contributed by atoms with Crippen molar-refractivity contribution >= 4 is 34.4 Å². The minimum Gasteiger partial charge on any atom is -0.491 e. The zero-order chi connectivity index (χ0) is 14.5. The third-order valence-corrected chi connectivity index (χ3v) is 3.89. The van der Waals surface area contributed by atoms with Crippen molar-refractivity contribution in [3.05, 3.63) is 24.0 Å². The van der Waals surface area contributed by atoms with E-state index in [9.17, 15) is 0 Å². The zero-order valence-electron chi connectivity index (χ0n) is 12.2. The van der Waals surface area contributed by atoms with Crippen molar-refractivity contribution in [3.63, 3.8) is 0 Å². The van der Waals surface area contributed by atoms with Crippen LogP contribution in [0.4, 0.5) is 0 Å². The summed E-state index contributed by atoms with van der Waals surface area (Å²) < 4.78 is 8.01. The molecule has 1 unspecified atom stereocenters. The molecule has 0 N–H and O–H groups in total. The molecule has 1 aromatic carbocycles. The monoisotopic (exact) mass is 312 g/mol. The molecule has 3 nitrogen and oxygen atoms in total. The highest BCUT2D eigenvalue weighted by Gasteiger charge is 2.17. The lowest BCUT2D eigenvalue weighted by molar-refractivity contribution is 0.320. The molecular formula is C15H21ClN2OS. The lowest BCUT2D eigenvalue weighted by Gasteiger charge is -2.09. The minimum absolute atomic E-state index is 0.108. The van der Waals surface area contributed by atoms with Crippen LogP contribution < -0.4 is 4.74 Å². The average Bonchev–Trinajstić information content (AvgIpc) is 2.82. The van der Waals surface area contributed by atoms with Gasteiger partial charge in [-0.15, -0.1) is 11.6 Å². The van der Waals surface area contributed by atoms with Crippen LogP contribution in [0, 0.1) is 0 Å². The minimum atomic E-state index is -0.108. The standard InChI is InChI=1S/C15H21ClN2OS/c1-4-9-19-13-7-5-6-12-14(13)17-15(11(2)16)18(12)8-10-20-3/h5-7,11H,4,8-10H2,1-3H3. The molecule has 0 radical (unpaired) electrons. The zero-order valence-corrected chi connectivity index (χ0v) is 13.8. The number of alkyl halides is 1. The molecule has 5 heteroatoms. The van der Waals surface area contributed by atoms with Crippen molar-refractivity contribution in [2.45, 2.75) is 32.2 Å². The summed E-state index contributed by atoms with van der Waals surface area (Å²) in [5.74, 6) is 2.82. The van der Waals surface area contributed by atoms with Crippen LogP contribution in [0.25, 0.3) is 11.0 Å². The van der Waals surface area contributed by atoms with Crippen molar-refractivity contribution in [2.75, 3.05) is 18.6 Å². The number of fused-ring (bicyclic) bond motifs is 1. The number of hydrogen-bond acceptors (Lipinski definition) is 3. The second-order valence-corrected chi connectivity index (χ2v) is 6.34. The summed E-state index contributed by atoms with van der Waals surface area (Å²) in [4.78, 5) is 4.71. The molecule has 0 aliphatic heterocycles. The van der Waals surface area contributed by atoms with Crippen molar-refractivity contribution in [1.82, 2.24) is 9.55 Å². The Bertz CT molecular complexity index is 568. The molecule has 0 saturated carbocycles. The van der Waals surface area contributed by atoms with Gasteiger partial charge in [-0.1, -0.05) is 13.0 Å². The number of ether oxygens (including phenoxy) is 1. The molecule has 0 fully saturated rings. The Kier molecular flexibility index (Phi) is 5.61. The van der Waals surface area contributed by atoms with Gasteiger partial charge in [-0.05, 0) is 31.7 Å². The first-order valence-corrected chi connectivity index (χ1v) is 8.77. The Balaban J connectivity index is 2.48. The first-order chi connectivity index (χ1) is 9.69. The van der Waals surface area contributed by atoms with Crippen LogP contribution in [0.15, 0.2) is 18.2 Å². The quantitative estimate of drug-likeness (QED) is 0.705. The molecule has 0 bridgehead atoms. The predicted octanol–water partition coefficient (Wildman–Crippen LogP) is 4.49. The first-order valence-electron chi connectivity index (χ1n) is 6.94.